The lowest BCUT2D eigenvalue weighted by atomic mass is 10.1. The summed E-state index contributed by atoms with van der Waals surface area (Å²) >= 11 is 0. The molecule has 1 heterocycles. The van der Waals surface area contributed by atoms with Crippen LogP contribution < -0.4 is 5.32 Å². The molecule has 90 valence electrons. The molecule has 2 unspecified atom stereocenters. The summed E-state index contributed by atoms with van der Waals surface area (Å²) in [6, 6.07) is 8.57. The standard InChI is InChI=1S/C13H16N2O2/c16-8-9-4-3-6-10(9)14-13-15-11-5-1-2-7-12(11)17-13/h1-2,5,7,9-10,16H,3-4,6,8H2,(H,14,15). The van der Waals surface area contributed by atoms with Gasteiger partial charge in [0.1, 0.15) is 5.52 Å². The van der Waals surface area contributed by atoms with E-state index in [-0.39, 0.29) is 12.6 Å². The van der Waals surface area contributed by atoms with Crippen molar-refractivity contribution < 1.29 is 9.52 Å². The number of aliphatic hydroxyl groups excluding tert-OH is 1. The third kappa shape index (κ3) is 2.00. The Kier molecular flexibility index (Phi) is 2.73. The van der Waals surface area contributed by atoms with E-state index in [2.05, 4.69) is 10.3 Å². The number of hydrogen-bond donors (Lipinski definition) is 2. The number of para-hydroxylation sites is 2. The second-order valence-corrected chi connectivity index (χ2v) is 4.61. The van der Waals surface area contributed by atoms with Crippen molar-refractivity contribution in [2.75, 3.05) is 11.9 Å². The van der Waals surface area contributed by atoms with E-state index in [1.165, 1.54) is 0 Å². The van der Waals surface area contributed by atoms with Gasteiger partial charge in [-0.05, 0) is 25.0 Å². The highest BCUT2D eigenvalue weighted by atomic mass is 16.4. The summed E-state index contributed by atoms with van der Waals surface area (Å²) in [5, 5.41) is 12.6. The molecule has 0 radical (unpaired) electrons. The number of anilines is 1. The number of hydrogen-bond acceptors (Lipinski definition) is 4. The van der Waals surface area contributed by atoms with Crippen LogP contribution in [0.3, 0.4) is 0 Å². The van der Waals surface area contributed by atoms with E-state index in [1.54, 1.807) is 0 Å². The maximum atomic E-state index is 9.26. The number of benzene rings is 1. The summed E-state index contributed by atoms with van der Waals surface area (Å²) in [6.07, 6.45) is 3.31. The fourth-order valence-electron chi connectivity index (χ4n) is 2.54. The molecular weight excluding hydrogens is 216 g/mol. The van der Waals surface area contributed by atoms with Crippen LogP contribution in [0.1, 0.15) is 19.3 Å². The van der Waals surface area contributed by atoms with Crippen LogP contribution in [-0.4, -0.2) is 22.7 Å². The van der Waals surface area contributed by atoms with E-state index < -0.39 is 0 Å². The number of nitrogens with zero attached hydrogens (tertiary/aromatic N) is 1. The van der Waals surface area contributed by atoms with Crippen LogP contribution in [0.2, 0.25) is 0 Å². The zero-order valence-corrected chi connectivity index (χ0v) is 9.60. The van der Waals surface area contributed by atoms with Crippen LogP contribution in [-0.2, 0) is 0 Å². The normalized spacial score (nSPS) is 24.3. The average molecular weight is 232 g/mol. The van der Waals surface area contributed by atoms with E-state index in [0.29, 0.717) is 11.9 Å². The molecule has 2 atom stereocenters. The number of nitrogens with one attached hydrogen (secondary N) is 1. The minimum Gasteiger partial charge on any atom is -0.424 e. The van der Waals surface area contributed by atoms with Crippen molar-refractivity contribution in [2.24, 2.45) is 5.92 Å². The van der Waals surface area contributed by atoms with Crippen molar-refractivity contribution in [1.29, 1.82) is 0 Å². The minimum absolute atomic E-state index is 0.234. The van der Waals surface area contributed by atoms with Crippen LogP contribution in [0, 0.1) is 5.92 Å². The van der Waals surface area contributed by atoms with Gasteiger partial charge in [0, 0.05) is 18.6 Å². The predicted octanol–water partition coefficient (Wildman–Crippen LogP) is 2.40. The van der Waals surface area contributed by atoms with Crippen LogP contribution >= 0.6 is 0 Å². The summed E-state index contributed by atoms with van der Waals surface area (Å²) in [7, 11) is 0. The third-order valence-corrected chi connectivity index (χ3v) is 3.50. The smallest absolute Gasteiger partial charge is 0.295 e. The fourth-order valence-corrected chi connectivity index (χ4v) is 2.54. The Labute approximate surface area is 99.7 Å². The zero-order chi connectivity index (χ0) is 11.7. The van der Waals surface area contributed by atoms with E-state index in [9.17, 15) is 5.11 Å². The largest absolute Gasteiger partial charge is 0.424 e. The van der Waals surface area contributed by atoms with Gasteiger partial charge in [0.25, 0.3) is 6.01 Å². The lowest BCUT2D eigenvalue weighted by Gasteiger charge is -2.17. The van der Waals surface area contributed by atoms with Gasteiger partial charge in [-0.2, -0.15) is 4.98 Å². The van der Waals surface area contributed by atoms with E-state index in [1.807, 2.05) is 24.3 Å². The molecule has 2 aromatic rings. The second-order valence-electron chi connectivity index (χ2n) is 4.61. The van der Waals surface area contributed by atoms with Crippen LogP contribution in [0.4, 0.5) is 6.01 Å². The highest BCUT2D eigenvalue weighted by Gasteiger charge is 2.27. The Morgan fingerprint density at radius 2 is 2.24 bits per heavy atom. The number of aromatic nitrogens is 1. The Balaban J connectivity index is 1.80. The molecule has 17 heavy (non-hydrogen) atoms. The van der Waals surface area contributed by atoms with Gasteiger partial charge in [0.05, 0.1) is 0 Å². The van der Waals surface area contributed by atoms with Crippen molar-refractivity contribution in [3.8, 4) is 0 Å². The first kappa shape index (κ1) is 10.6. The number of rotatable bonds is 3. The summed E-state index contributed by atoms with van der Waals surface area (Å²) in [5.41, 5.74) is 1.67. The van der Waals surface area contributed by atoms with Gasteiger partial charge in [-0.25, -0.2) is 0 Å². The lowest BCUT2D eigenvalue weighted by molar-refractivity contribution is 0.222. The first-order valence-electron chi connectivity index (χ1n) is 6.10. The molecule has 1 aromatic heterocycles. The van der Waals surface area contributed by atoms with Gasteiger partial charge in [0.2, 0.25) is 0 Å². The summed E-state index contributed by atoms with van der Waals surface area (Å²) in [6.45, 7) is 0.234. The number of aliphatic hydroxyl groups is 1. The maximum absolute atomic E-state index is 9.26. The molecule has 1 fully saturated rings. The van der Waals surface area contributed by atoms with Crippen molar-refractivity contribution in [3.63, 3.8) is 0 Å². The summed E-state index contributed by atoms with van der Waals surface area (Å²) in [4.78, 5) is 4.39. The monoisotopic (exact) mass is 232 g/mol. The van der Waals surface area contributed by atoms with Crippen LogP contribution in [0.25, 0.3) is 11.1 Å². The molecule has 4 heteroatoms. The van der Waals surface area contributed by atoms with Crippen molar-refractivity contribution in [3.05, 3.63) is 24.3 Å². The van der Waals surface area contributed by atoms with Crippen molar-refractivity contribution in [2.45, 2.75) is 25.3 Å². The molecule has 0 amide bonds. The Morgan fingerprint density at radius 1 is 1.35 bits per heavy atom. The Hall–Kier alpha value is -1.55. The molecule has 4 nitrogen and oxygen atoms in total. The van der Waals surface area contributed by atoms with Gasteiger partial charge in [-0.3, -0.25) is 0 Å². The SMILES string of the molecule is OCC1CCCC1Nc1nc2ccccc2o1. The molecule has 1 aliphatic carbocycles. The van der Waals surface area contributed by atoms with E-state index >= 15 is 0 Å². The first-order chi connectivity index (χ1) is 8.36. The minimum atomic E-state index is 0.234. The highest BCUT2D eigenvalue weighted by molar-refractivity contribution is 5.74. The van der Waals surface area contributed by atoms with Crippen LogP contribution in [0.15, 0.2) is 28.7 Å². The molecule has 3 rings (SSSR count). The number of fused-ring (bicyclic) bond motifs is 1. The Morgan fingerprint density at radius 3 is 3.06 bits per heavy atom. The topological polar surface area (TPSA) is 58.3 Å². The average Bonchev–Trinajstić information content (AvgIpc) is 2.94. The maximum Gasteiger partial charge on any atom is 0.295 e. The second kappa shape index (κ2) is 4.37. The fraction of sp³-hybridized carbons (Fsp3) is 0.462. The first-order valence-corrected chi connectivity index (χ1v) is 6.10. The van der Waals surface area contributed by atoms with E-state index in [4.69, 9.17) is 4.42 Å². The lowest BCUT2D eigenvalue weighted by Crippen LogP contribution is -2.26. The zero-order valence-electron chi connectivity index (χ0n) is 9.60. The molecule has 1 aliphatic rings. The van der Waals surface area contributed by atoms with Crippen molar-refractivity contribution in [1.82, 2.24) is 4.98 Å². The predicted molar refractivity (Wildman–Crippen MR) is 65.8 cm³/mol. The molecule has 1 saturated carbocycles. The summed E-state index contributed by atoms with van der Waals surface area (Å²) in [5.74, 6) is 0.324. The van der Waals surface area contributed by atoms with Crippen LogP contribution in [0.5, 0.6) is 0 Å². The molecule has 2 N–H and O–H groups in total. The number of oxazole rings is 1. The quantitative estimate of drug-likeness (QED) is 0.853. The molecule has 0 spiro atoms. The van der Waals surface area contributed by atoms with Gasteiger partial charge < -0.3 is 14.8 Å². The molecule has 0 bridgehead atoms. The summed E-state index contributed by atoms with van der Waals surface area (Å²) < 4.78 is 5.62. The van der Waals surface area contributed by atoms with Gasteiger partial charge in [-0.15, -0.1) is 0 Å². The van der Waals surface area contributed by atoms with Gasteiger partial charge in [0.15, 0.2) is 5.58 Å². The molecule has 0 saturated heterocycles. The molecular formula is C13H16N2O2. The van der Waals surface area contributed by atoms with Gasteiger partial charge in [-0.1, -0.05) is 18.6 Å². The Bertz CT molecular complexity index is 476. The van der Waals surface area contributed by atoms with E-state index in [0.717, 1.165) is 30.4 Å². The van der Waals surface area contributed by atoms with Crippen molar-refractivity contribution >= 4 is 17.1 Å². The highest BCUT2D eigenvalue weighted by Crippen LogP contribution is 2.29. The molecule has 0 aliphatic heterocycles. The molecule has 1 aromatic carbocycles. The van der Waals surface area contributed by atoms with Gasteiger partial charge >= 0.3 is 0 Å². The third-order valence-electron chi connectivity index (χ3n) is 3.50.